The van der Waals surface area contributed by atoms with Crippen LogP contribution in [-0.4, -0.2) is 68.2 Å². The number of nitrogens with zero attached hydrogens (tertiary/aromatic N) is 2. The summed E-state index contributed by atoms with van der Waals surface area (Å²) in [5.41, 5.74) is 0. The molecule has 0 aromatic carbocycles. The third kappa shape index (κ3) is 4.16. The van der Waals surface area contributed by atoms with Gasteiger partial charge in [0, 0.05) is 19.1 Å². The van der Waals surface area contributed by atoms with Gasteiger partial charge in [-0.1, -0.05) is 0 Å². The summed E-state index contributed by atoms with van der Waals surface area (Å²) in [4.78, 5) is 4.93. The van der Waals surface area contributed by atoms with Gasteiger partial charge in [0.1, 0.15) is 6.61 Å². The van der Waals surface area contributed by atoms with Crippen LogP contribution in [0.1, 0.15) is 19.3 Å². The molecule has 1 atom stereocenters. The van der Waals surface area contributed by atoms with Crippen LogP contribution in [0.4, 0.5) is 8.78 Å². The van der Waals surface area contributed by atoms with E-state index in [1.165, 1.54) is 32.4 Å². The van der Waals surface area contributed by atoms with E-state index >= 15 is 0 Å². The molecule has 0 aliphatic carbocycles. The van der Waals surface area contributed by atoms with E-state index in [2.05, 4.69) is 9.80 Å². The van der Waals surface area contributed by atoms with Crippen molar-refractivity contribution in [3.63, 3.8) is 0 Å². The Labute approximate surface area is 102 Å². The minimum atomic E-state index is -2.34. The summed E-state index contributed by atoms with van der Waals surface area (Å²) in [6, 6.07) is 0.688. The van der Waals surface area contributed by atoms with Gasteiger partial charge in [0.25, 0.3) is 6.43 Å². The highest BCUT2D eigenvalue weighted by Crippen LogP contribution is 2.20. The lowest BCUT2D eigenvalue weighted by Crippen LogP contribution is -2.38. The van der Waals surface area contributed by atoms with E-state index in [9.17, 15) is 8.78 Å². The molecule has 0 bridgehead atoms. The van der Waals surface area contributed by atoms with Gasteiger partial charge in [0.15, 0.2) is 0 Å². The van der Waals surface area contributed by atoms with Gasteiger partial charge in [-0.3, -0.25) is 9.80 Å². The Morgan fingerprint density at radius 3 is 2.82 bits per heavy atom. The minimum Gasteiger partial charge on any atom is -0.374 e. The Morgan fingerprint density at radius 1 is 1.18 bits per heavy atom. The van der Waals surface area contributed by atoms with Crippen LogP contribution in [-0.2, 0) is 4.74 Å². The molecule has 0 aromatic rings. The maximum absolute atomic E-state index is 11.9. The maximum Gasteiger partial charge on any atom is 0.261 e. The van der Waals surface area contributed by atoms with Crippen LogP contribution in [0.2, 0.25) is 0 Å². The SMILES string of the molecule is FC(F)COCCN1CCCN2CCCC2C1. The molecule has 0 aromatic heterocycles. The molecule has 2 aliphatic heterocycles. The van der Waals surface area contributed by atoms with E-state index in [1.54, 1.807) is 0 Å². The highest BCUT2D eigenvalue weighted by atomic mass is 19.3. The molecule has 0 saturated carbocycles. The van der Waals surface area contributed by atoms with Crippen molar-refractivity contribution in [2.75, 3.05) is 45.9 Å². The van der Waals surface area contributed by atoms with Crippen molar-refractivity contribution in [3.8, 4) is 0 Å². The quantitative estimate of drug-likeness (QED) is 0.685. The van der Waals surface area contributed by atoms with E-state index in [0.29, 0.717) is 12.6 Å². The third-order valence-electron chi connectivity index (χ3n) is 3.68. The van der Waals surface area contributed by atoms with Gasteiger partial charge < -0.3 is 4.74 Å². The first kappa shape index (κ1) is 13.2. The first-order valence-electron chi connectivity index (χ1n) is 6.58. The van der Waals surface area contributed by atoms with Gasteiger partial charge in [0.05, 0.1) is 6.61 Å². The van der Waals surface area contributed by atoms with Crippen LogP contribution in [0.15, 0.2) is 0 Å². The van der Waals surface area contributed by atoms with Crippen molar-refractivity contribution in [2.45, 2.75) is 31.7 Å². The lowest BCUT2D eigenvalue weighted by atomic mass is 10.2. The standard InChI is InChI=1S/C12H22F2N2O/c13-12(14)10-17-8-7-15-4-2-6-16-5-1-3-11(16)9-15/h11-12H,1-10H2. The number of hydrogen-bond acceptors (Lipinski definition) is 3. The number of fused-ring (bicyclic) bond motifs is 1. The lowest BCUT2D eigenvalue weighted by molar-refractivity contribution is 0.00935. The Bertz CT molecular complexity index is 229. The minimum absolute atomic E-state index is 0.427. The molecule has 17 heavy (non-hydrogen) atoms. The predicted molar refractivity (Wildman–Crippen MR) is 62.5 cm³/mol. The second-order valence-corrected chi connectivity index (χ2v) is 4.95. The monoisotopic (exact) mass is 248 g/mol. The van der Waals surface area contributed by atoms with Crippen LogP contribution >= 0.6 is 0 Å². The Kier molecular flexibility index (Phi) is 5.13. The van der Waals surface area contributed by atoms with Crippen LogP contribution in [0.5, 0.6) is 0 Å². The normalized spacial score (nSPS) is 27.4. The van der Waals surface area contributed by atoms with Crippen molar-refractivity contribution < 1.29 is 13.5 Å². The summed E-state index contributed by atoms with van der Waals surface area (Å²) >= 11 is 0. The fourth-order valence-electron chi connectivity index (χ4n) is 2.85. The van der Waals surface area contributed by atoms with Gasteiger partial charge in [-0.15, -0.1) is 0 Å². The molecule has 0 radical (unpaired) electrons. The fourth-order valence-corrected chi connectivity index (χ4v) is 2.85. The Morgan fingerprint density at radius 2 is 2.00 bits per heavy atom. The highest BCUT2D eigenvalue weighted by molar-refractivity contribution is 4.84. The predicted octanol–water partition coefficient (Wildman–Crippen LogP) is 1.44. The number of halogens is 2. The number of ether oxygens (including phenoxy) is 1. The summed E-state index contributed by atoms with van der Waals surface area (Å²) < 4.78 is 28.7. The molecular weight excluding hydrogens is 226 g/mol. The molecule has 3 nitrogen and oxygen atoms in total. The second kappa shape index (κ2) is 6.61. The van der Waals surface area contributed by atoms with Crippen LogP contribution in [0.25, 0.3) is 0 Å². The van der Waals surface area contributed by atoms with Gasteiger partial charge in [0.2, 0.25) is 0 Å². The van der Waals surface area contributed by atoms with Crippen molar-refractivity contribution in [1.29, 1.82) is 0 Å². The zero-order valence-electron chi connectivity index (χ0n) is 10.3. The largest absolute Gasteiger partial charge is 0.374 e. The molecule has 2 heterocycles. The topological polar surface area (TPSA) is 15.7 Å². The number of alkyl halides is 2. The molecule has 1 unspecified atom stereocenters. The second-order valence-electron chi connectivity index (χ2n) is 4.95. The van der Waals surface area contributed by atoms with Crippen molar-refractivity contribution in [3.05, 3.63) is 0 Å². The van der Waals surface area contributed by atoms with Crippen LogP contribution in [0, 0.1) is 0 Å². The maximum atomic E-state index is 11.9. The molecule has 2 fully saturated rings. The molecule has 5 heteroatoms. The third-order valence-corrected chi connectivity index (χ3v) is 3.68. The zero-order valence-corrected chi connectivity index (χ0v) is 10.3. The molecule has 100 valence electrons. The van der Waals surface area contributed by atoms with Gasteiger partial charge in [-0.2, -0.15) is 0 Å². The van der Waals surface area contributed by atoms with E-state index in [1.807, 2.05) is 0 Å². The molecule has 0 amide bonds. The van der Waals surface area contributed by atoms with Gasteiger partial charge in [-0.05, 0) is 38.9 Å². The summed E-state index contributed by atoms with van der Waals surface area (Å²) in [5, 5.41) is 0. The fraction of sp³-hybridized carbons (Fsp3) is 1.00. The average molecular weight is 248 g/mol. The first-order chi connectivity index (χ1) is 8.25. The summed E-state index contributed by atoms with van der Waals surface area (Å²) in [7, 11) is 0. The lowest BCUT2D eigenvalue weighted by Gasteiger charge is -2.25. The highest BCUT2D eigenvalue weighted by Gasteiger charge is 2.28. The van der Waals surface area contributed by atoms with Gasteiger partial charge in [-0.25, -0.2) is 8.78 Å². The Balaban J connectivity index is 1.66. The number of rotatable bonds is 5. The average Bonchev–Trinajstić information content (AvgIpc) is 2.63. The van der Waals surface area contributed by atoms with E-state index in [-0.39, 0.29) is 0 Å². The van der Waals surface area contributed by atoms with E-state index < -0.39 is 13.0 Å². The van der Waals surface area contributed by atoms with Crippen LogP contribution < -0.4 is 0 Å². The first-order valence-corrected chi connectivity index (χ1v) is 6.58. The van der Waals surface area contributed by atoms with E-state index in [4.69, 9.17) is 4.74 Å². The summed E-state index contributed by atoms with van der Waals surface area (Å²) in [6.45, 7) is 5.38. The zero-order chi connectivity index (χ0) is 12.1. The molecule has 2 saturated heterocycles. The van der Waals surface area contributed by atoms with E-state index in [0.717, 1.165) is 19.6 Å². The molecule has 2 rings (SSSR count). The smallest absolute Gasteiger partial charge is 0.261 e. The van der Waals surface area contributed by atoms with Crippen LogP contribution in [0.3, 0.4) is 0 Å². The number of hydrogen-bond donors (Lipinski definition) is 0. The summed E-state index contributed by atoms with van der Waals surface area (Å²) in [6.07, 6.45) is 1.43. The molecule has 0 N–H and O–H groups in total. The van der Waals surface area contributed by atoms with Crippen molar-refractivity contribution in [2.24, 2.45) is 0 Å². The Hall–Kier alpha value is -0.260. The molecular formula is C12H22F2N2O. The molecule has 0 spiro atoms. The van der Waals surface area contributed by atoms with Gasteiger partial charge >= 0.3 is 0 Å². The summed E-state index contributed by atoms with van der Waals surface area (Å²) in [5.74, 6) is 0. The van der Waals surface area contributed by atoms with Crippen molar-refractivity contribution >= 4 is 0 Å². The molecule has 2 aliphatic rings. The van der Waals surface area contributed by atoms with Crippen molar-refractivity contribution in [1.82, 2.24) is 9.80 Å².